The van der Waals surface area contributed by atoms with Gasteiger partial charge >= 0.3 is 0 Å². The van der Waals surface area contributed by atoms with E-state index in [0.29, 0.717) is 11.1 Å². The van der Waals surface area contributed by atoms with Crippen LogP contribution in [0.15, 0.2) is 11.2 Å². The van der Waals surface area contributed by atoms with Crippen LogP contribution in [0.2, 0.25) is 0 Å². The van der Waals surface area contributed by atoms with Gasteiger partial charge in [0.15, 0.2) is 20.6 Å². The summed E-state index contributed by atoms with van der Waals surface area (Å²) >= 11 is 0. The number of nitrogens with two attached hydrogens (primary N) is 1. The third-order valence-corrected chi connectivity index (χ3v) is 3.12. The van der Waals surface area contributed by atoms with Crippen molar-refractivity contribution < 1.29 is 18.3 Å². The number of sulfone groups is 1. The summed E-state index contributed by atoms with van der Waals surface area (Å²) < 4.78 is 27.8. The van der Waals surface area contributed by atoms with Gasteiger partial charge in [-0.1, -0.05) is 0 Å². The SMILES string of the molecule is COc1c(S(C)(=O)=O)ncc(CN)c1CO. The van der Waals surface area contributed by atoms with E-state index >= 15 is 0 Å². The van der Waals surface area contributed by atoms with Crippen LogP contribution >= 0.6 is 0 Å². The van der Waals surface area contributed by atoms with Crippen LogP contribution in [0.3, 0.4) is 0 Å². The first-order valence-electron chi connectivity index (χ1n) is 4.51. The maximum atomic E-state index is 11.4. The van der Waals surface area contributed by atoms with Crippen LogP contribution in [0.4, 0.5) is 0 Å². The number of nitrogens with zero attached hydrogens (tertiary/aromatic N) is 1. The van der Waals surface area contributed by atoms with Crippen molar-refractivity contribution in [3.63, 3.8) is 0 Å². The second-order valence-corrected chi connectivity index (χ2v) is 5.17. The van der Waals surface area contributed by atoms with Gasteiger partial charge in [0.25, 0.3) is 0 Å². The van der Waals surface area contributed by atoms with Crippen LogP contribution < -0.4 is 10.5 Å². The Morgan fingerprint density at radius 2 is 2.19 bits per heavy atom. The van der Waals surface area contributed by atoms with Crippen LogP contribution in [0.25, 0.3) is 0 Å². The molecule has 0 bridgehead atoms. The summed E-state index contributed by atoms with van der Waals surface area (Å²) in [5.74, 6) is 0.0629. The van der Waals surface area contributed by atoms with E-state index in [1.165, 1.54) is 13.3 Å². The minimum Gasteiger partial charge on any atom is -0.493 e. The molecule has 0 saturated heterocycles. The lowest BCUT2D eigenvalue weighted by Crippen LogP contribution is -2.11. The van der Waals surface area contributed by atoms with Crippen molar-refractivity contribution >= 4 is 9.84 Å². The number of hydrogen-bond acceptors (Lipinski definition) is 6. The number of rotatable bonds is 4. The highest BCUT2D eigenvalue weighted by atomic mass is 32.2. The zero-order valence-electron chi connectivity index (χ0n) is 9.10. The molecule has 1 rings (SSSR count). The standard InChI is InChI=1S/C9H14N2O4S/c1-15-8-7(5-12)6(3-10)4-11-9(8)16(2,13)14/h4,12H,3,5,10H2,1-2H3. The van der Waals surface area contributed by atoms with E-state index in [1.54, 1.807) is 0 Å². The summed E-state index contributed by atoms with van der Waals surface area (Å²) in [7, 11) is -2.17. The molecule has 1 aromatic rings. The lowest BCUT2D eigenvalue weighted by Gasteiger charge is -2.13. The van der Waals surface area contributed by atoms with Crippen LogP contribution in [-0.4, -0.2) is 31.9 Å². The van der Waals surface area contributed by atoms with Crippen molar-refractivity contribution in [3.8, 4) is 5.75 Å². The highest BCUT2D eigenvalue weighted by Crippen LogP contribution is 2.28. The van der Waals surface area contributed by atoms with Crippen molar-refractivity contribution in [1.82, 2.24) is 4.98 Å². The molecule has 3 N–H and O–H groups in total. The Labute approximate surface area is 94.0 Å². The van der Waals surface area contributed by atoms with Gasteiger partial charge in [0, 0.05) is 24.6 Å². The average Bonchev–Trinajstić information content (AvgIpc) is 2.25. The normalized spacial score (nSPS) is 11.5. The highest BCUT2D eigenvalue weighted by Gasteiger charge is 2.21. The summed E-state index contributed by atoms with van der Waals surface area (Å²) in [6.07, 6.45) is 2.37. The highest BCUT2D eigenvalue weighted by molar-refractivity contribution is 7.90. The smallest absolute Gasteiger partial charge is 0.197 e. The Bertz CT molecular complexity index is 485. The van der Waals surface area contributed by atoms with Crippen molar-refractivity contribution in [2.75, 3.05) is 13.4 Å². The number of hydrogen-bond donors (Lipinski definition) is 2. The number of aliphatic hydroxyl groups is 1. The summed E-state index contributed by atoms with van der Waals surface area (Å²) in [5, 5.41) is 9.01. The number of aliphatic hydroxyl groups excluding tert-OH is 1. The fourth-order valence-corrected chi connectivity index (χ4v) is 2.16. The molecular weight excluding hydrogens is 232 g/mol. The molecule has 0 aliphatic heterocycles. The van der Waals surface area contributed by atoms with Crippen LogP contribution in [0, 0.1) is 0 Å². The summed E-state index contributed by atoms with van der Waals surface area (Å²) in [6.45, 7) is -0.190. The molecule has 6 nitrogen and oxygen atoms in total. The second kappa shape index (κ2) is 4.77. The van der Waals surface area contributed by atoms with Crippen LogP contribution in [0.5, 0.6) is 5.75 Å². The van der Waals surface area contributed by atoms with Gasteiger partial charge in [-0.25, -0.2) is 13.4 Å². The fourth-order valence-electron chi connectivity index (χ4n) is 1.37. The molecule has 0 aromatic carbocycles. The third kappa shape index (κ3) is 2.31. The molecule has 90 valence electrons. The molecule has 0 aliphatic rings. The first-order chi connectivity index (χ1) is 7.45. The zero-order valence-corrected chi connectivity index (χ0v) is 9.91. The Balaban J connectivity index is 3.56. The van der Waals surface area contributed by atoms with E-state index in [4.69, 9.17) is 10.5 Å². The van der Waals surface area contributed by atoms with Gasteiger partial charge in [0.1, 0.15) is 0 Å². The molecule has 7 heteroatoms. The predicted octanol–water partition coefficient (Wildman–Crippen LogP) is -0.555. The quantitative estimate of drug-likeness (QED) is 0.738. The van der Waals surface area contributed by atoms with Crippen LogP contribution in [-0.2, 0) is 23.0 Å². The molecule has 0 saturated carbocycles. The van der Waals surface area contributed by atoms with Gasteiger partial charge in [-0.15, -0.1) is 0 Å². The van der Waals surface area contributed by atoms with Crippen molar-refractivity contribution in [3.05, 3.63) is 17.3 Å². The maximum Gasteiger partial charge on any atom is 0.197 e. The largest absolute Gasteiger partial charge is 0.493 e. The molecule has 16 heavy (non-hydrogen) atoms. The number of pyridine rings is 1. The summed E-state index contributed by atoms with van der Waals surface area (Å²) in [6, 6.07) is 0. The molecule has 0 atom stereocenters. The topological polar surface area (TPSA) is 103 Å². The Morgan fingerprint density at radius 1 is 1.56 bits per heavy atom. The van der Waals surface area contributed by atoms with Crippen LogP contribution in [0.1, 0.15) is 11.1 Å². The van der Waals surface area contributed by atoms with Gasteiger partial charge in [-0.3, -0.25) is 0 Å². The number of methoxy groups -OCH3 is 1. The van der Waals surface area contributed by atoms with Gasteiger partial charge in [-0.2, -0.15) is 0 Å². The Kier molecular flexibility index (Phi) is 3.84. The zero-order chi connectivity index (χ0) is 12.3. The number of aromatic nitrogens is 1. The molecule has 1 heterocycles. The maximum absolute atomic E-state index is 11.4. The summed E-state index contributed by atoms with van der Waals surface area (Å²) in [5.41, 5.74) is 6.38. The Morgan fingerprint density at radius 3 is 2.56 bits per heavy atom. The molecule has 0 unspecified atom stereocenters. The molecule has 0 spiro atoms. The van der Waals surface area contributed by atoms with Crippen molar-refractivity contribution in [2.24, 2.45) is 5.73 Å². The molecular formula is C9H14N2O4S. The number of ether oxygens (including phenoxy) is 1. The Hall–Kier alpha value is -1.18. The molecule has 0 aliphatic carbocycles. The van der Waals surface area contributed by atoms with Gasteiger partial charge in [0.2, 0.25) is 0 Å². The van der Waals surface area contributed by atoms with Gasteiger partial charge < -0.3 is 15.6 Å². The van der Waals surface area contributed by atoms with E-state index in [2.05, 4.69) is 4.98 Å². The first-order valence-corrected chi connectivity index (χ1v) is 6.40. The minimum absolute atomic E-state index is 0.0629. The average molecular weight is 246 g/mol. The van der Waals surface area contributed by atoms with E-state index < -0.39 is 9.84 Å². The van der Waals surface area contributed by atoms with E-state index in [9.17, 15) is 13.5 Å². The van der Waals surface area contributed by atoms with Crippen molar-refractivity contribution in [2.45, 2.75) is 18.2 Å². The summed E-state index contributed by atoms with van der Waals surface area (Å²) in [4.78, 5) is 3.80. The third-order valence-electron chi connectivity index (χ3n) is 2.13. The second-order valence-electron chi connectivity index (χ2n) is 3.23. The molecule has 0 radical (unpaired) electrons. The molecule has 0 amide bonds. The lowest BCUT2D eigenvalue weighted by atomic mass is 10.1. The van der Waals surface area contributed by atoms with E-state index in [0.717, 1.165) is 6.26 Å². The minimum atomic E-state index is -3.49. The van der Waals surface area contributed by atoms with E-state index in [-0.39, 0.29) is 23.9 Å². The predicted molar refractivity (Wildman–Crippen MR) is 57.7 cm³/mol. The monoisotopic (exact) mass is 246 g/mol. The van der Waals surface area contributed by atoms with Gasteiger partial charge in [0.05, 0.1) is 13.7 Å². The lowest BCUT2D eigenvalue weighted by molar-refractivity contribution is 0.270. The molecule has 0 fully saturated rings. The fraction of sp³-hybridized carbons (Fsp3) is 0.444. The van der Waals surface area contributed by atoms with E-state index in [1.807, 2.05) is 0 Å². The first kappa shape index (κ1) is 12.9. The van der Waals surface area contributed by atoms with Crippen molar-refractivity contribution in [1.29, 1.82) is 0 Å². The van der Waals surface area contributed by atoms with Gasteiger partial charge in [-0.05, 0) is 5.56 Å². The molecule has 1 aromatic heterocycles.